The van der Waals surface area contributed by atoms with Crippen LogP contribution in [0.3, 0.4) is 0 Å². The minimum Gasteiger partial charge on any atom is -0.493 e. The number of benzene rings is 2. The maximum Gasteiger partial charge on any atom is 0.359 e. The number of methoxy groups -OCH3 is 3. The molecule has 1 saturated heterocycles. The number of hydrogen-bond acceptors (Lipinski definition) is 9. The molecule has 0 N–H and O–H groups in total. The maximum absolute atomic E-state index is 13.2. The summed E-state index contributed by atoms with van der Waals surface area (Å²) < 4.78 is 36.5. The van der Waals surface area contributed by atoms with Crippen LogP contribution in [-0.2, 0) is 19.1 Å². The predicted octanol–water partition coefficient (Wildman–Crippen LogP) is 4.98. The molecule has 0 unspecified atom stereocenters. The van der Waals surface area contributed by atoms with Gasteiger partial charge >= 0.3 is 11.9 Å². The molecule has 5 rings (SSSR count). The molecule has 2 heterocycles. The summed E-state index contributed by atoms with van der Waals surface area (Å²) in [4.78, 5) is 25.8. The van der Waals surface area contributed by atoms with Crippen LogP contribution in [0.25, 0.3) is 0 Å². The molecule has 198 valence electrons. The van der Waals surface area contributed by atoms with E-state index < -0.39 is 39.6 Å². The number of fused-ring (bicyclic) bond motifs is 3. The standard InChI is InChI=1S/C24H20Cl4O9/c1-31-15-6-11(18(25)21(33-3)20(15)32-2)16-9-4-13-14(36-8-35-13)5-10(9)19(37-23(30)24(26,27)28)12-7-34-22(29)17(12)16/h4-6,12,16-17,19H,7-8H2,1-3H3/t12-,16-,17-,19+/m0/s1. The van der Waals surface area contributed by atoms with Crippen LogP contribution in [-0.4, -0.2) is 50.5 Å². The lowest BCUT2D eigenvalue weighted by molar-refractivity contribution is -0.153. The number of alkyl halides is 3. The van der Waals surface area contributed by atoms with Crippen molar-refractivity contribution >= 4 is 58.3 Å². The van der Waals surface area contributed by atoms with Gasteiger partial charge in [-0.1, -0.05) is 46.4 Å². The Kier molecular flexibility index (Phi) is 6.85. The molecule has 0 saturated carbocycles. The number of cyclic esters (lactones) is 1. The average Bonchev–Trinajstić information content (AvgIpc) is 3.48. The third-order valence-electron chi connectivity index (χ3n) is 6.72. The van der Waals surface area contributed by atoms with Crippen molar-refractivity contribution in [3.05, 3.63) is 39.9 Å². The van der Waals surface area contributed by atoms with Crippen LogP contribution in [0.1, 0.15) is 28.7 Å². The van der Waals surface area contributed by atoms with Crippen molar-refractivity contribution in [1.29, 1.82) is 0 Å². The SMILES string of the molecule is COc1cc([C@@H]2c3cc4c(cc3[C@@H](OC(=O)C(Cl)(Cl)Cl)[C@H]3COC(=O)[C@H]23)OCO4)c(Cl)c(OC)c1OC. The minimum absolute atomic E-state index is 0.00132. The van der Waals surface area contributed by atoms with E-state index in [4.69, 9.17) is 79.6 Å². The first-order valence-electron chi connectivity index (χ1n) is 11.0. The van der Waals surface area contributed by atoms with Crippen LogP contribution in [0.4, 0.5) is 0 Å². The van der Waals surface area contributed by atoms with E-state index in [-0.39, 0.29) is 24.2 Å². The van der Waals surface area contributed by atoms with E-state index in [1.807, 2.05) is 0 Å². The van der Waals surface area contributed by atoms with Gasteiger partial charge in [-0.2, -0.15) is 0 Å². The van der Waals surface area contributed by atoms with E-state index in [9.17, 15) is 9.59 Å². The molecule has 1 aliphatic carbocycles. The molecule has 0 bridgehead atoms. The van der Waals surface area contributed by atoms with Crippen LogP contribution in [0.5, 0.6) is 28.7 Å². The minimum atomic E-state index is -2.33. The lowest BCUT2D eigenvalue weighted by Crippen LogP contribution is -2.38. The molecule has 0 radical (unpaired) electrons. The highest BCUT2D eigenvalue weighted by Crippen LogP contribution is 2.58. The first kappa shape index (κ1) is 26.2. The fourth-order valence-corrected chi connectivity index (χ4v) is 5.65. The largest absolute Gasteiger partial charge is 0.493 e. The predicted molar refractivity (Wildman–Crippen MR) is 133 cm³/mol. The number of rotatable bonds is 5. The number of hydrogen-bond donors (Lipinski definition) is 0. The Morgan fingerprint density at radius 3 is 2.16 bits per heavy atom. The first-order valence-corrected chi connectivity index (χ1v) is 12.5. The van der Waals surface area contributed by atoms with Crippen LogP contribution in [0.15, 0.2) is 18.2 Å². The topological polar surface area (TPSA) is 98.8 Å². The Bertz CT molecular complexity index is 1280. The second-order valence-electron chi connectivity index (χ2n) is 8.50. The highest BCUT2D eigenvalue weighted by atomic mass is 35.6. The van der Waals surface area contributed by atoms with E-state index in [0.717, 1.165) is 0 Å². The van der Waals surface area contributed by atoms with E-state index >= 15 is 0 Å². The molecule has 9 nitrogen and oxygen atoms in total. The normalized spacial score (nSPS) is 23.6. The summed E-state index contributed by atoms with van der Waals surface area (Å²) >= 11 is 24.2. The molecular weight excluding hydrogens is 574 g/mol. The molecule has 37 heavy (non-hydrogen) atoms. The Morgan fingerprint density at radius 2 is 1.57 bits per heavy atom. The third kappa shape index (κ3) is 4.26. The Morgan fingerprint density at radius 1 is 0.919 bits per heavy atom. The molecule has 1 fully saturated rings. The lowest BCUT2D eigenvalue weighted by Gasteiger charge is -2.39. The van der Waals surface area contributed by atoms with Crippen LogP contribution in [0, 0.1) is 11.8 Å². The van der Waals surface area contributed by atoms with Crippen LogP contribution >= 0.6 is 46.4 Å². The zero-order valence-corrected chi connectivity index (χ0v) is 22.7. The Hall–Kier alpha value is -2.46. The molecule has 2 aromatic carbocycles. The van der Waals surface area contributed by atoms with Gasteiger partial charge in [0.1, 0.15) is 6.10 Å². The molecule has 3 aliphatic rings. The van der Waals surface area contributed by atoms with E-state index in [0.29, 0.717) is 39.7 Å². The summed E-state index contributed by atoms with van der Waals surface area (Å²) in [6.07, 6.45) is -0.985. The van der Waals surface area contributed by atoms with Gasteiger partial charge in [-0.15, -0.1) is 0 Å². The zero-order valence-electron chi connectivity index (χ0n) is 19.6. The summed E-state index contributed by atoms with van der Waals surface area (Å²) in [5.74, 6) is -1.96. The third-order valence-corrected chi connectivity index (χ3v) is 7.57. The van der Waals surface area contributed by atoms with Gasteiger partial charge in [-0.25, -0.2) is 4.79 Å². The molecule has 2 aromatic rings. The van der Waals surface area contributed by atoms with Gasteiger partial charge < -0.3 is 33.2 Å². The van der Waals surface area contributed by atoms with Gasteiger partial charge in [0.05, 0.1) is 38.9 Å². The highest BCUT2D eigenvalue weighted by molar-refractivity contribution is 6.75. The van der Waals surface area contributed by atoms with Gasteiger partial charge in [-0.3, -0.25) is 4.79 Å². The van der Waals surface area contributed by atoms with Crippen molar-refractivity contribution in [3.8, 4) is 28.7 Å². The van der Waals surface area contributed by atoms with Crippen molar-refractivity contribution in [1.82, 2.24) is 0 Å². The summed E-state index contributed by atoms with van der Waals surface area (Å²) in [6, 6.07) is 5.09. The van der Waals surface area contributed by atoms with Crippen molar-refractivity contribution in [2.45, 2.75) is 15.8 Å². The fourth-order valence-electron chi connectivity index (χ4n) is 5.19. The fraction of sp³-hybridized carbons (Fsp3) is 0.417. The van der Waals surface area contributed by atoms with E-state index in [2.05, 4.69) is 0 Å². The average molecular weight is 594 g/mol. The number of halogens is 4. The van der Waals surface area contributed by atoms with Crippen molar-refractivity contribution in [2.75, 3.05) is 34.7 Å². The van der Waals surface area contributed by atoms with Crippen molar-refractivity contribution in [3.63, 3.8) is 0 Å². The van der Waals surface area contributed by atoms with E-state index in [1.165, 1.54) is 21.3 Å². The van der Waals surface area contributed by atoms with Crippen molar-refractivity contribution < 1.29 is 42.7 Å². The monoisotopic (exact) mass is 592 g/mol. The molecule has 2 aliphatic heterocycles. The molecule has 0 amide bonds. The molecular formula is C24H20Cl4O9. The second kappa shape index (κ2) is 9.69. The lowest BCUT2D eigenvalue weighted by atomic mass is 9.66. The van der Waals surface area contributed by atoms with Gasteiger partial charge in [-0.05, 0) is 29.3 Å². The summed E-state index contributed by atoms with van der Waals surface area (Å²) in [5.41, 5.74) is 1.63. The number of carbonyl (C=O) groups is 2. The van der Waals surface area contributed by atoms with Crippen molar-refractivity contribution in [2.24, 2.45) is 11.8 Å². The number of carbonyl (C=O) groups excluding carboxylic acids is 2. The van der Waals surface area contributed by atoms with Crippen LogP contribution in [0.2, 0.25) is 5.02 Å². The highest BCUT2D eigenvalue weighted by Gasteiger charge is 2.55. The van der Waals surface area contributed by atoms with Gasteiger partial charge in [0.2, 0.25) is 12.5 Å². The van der Waals surface area contributed by atoms with Gasteiger partial charge in [0, 0.05) is 17.4 Å². The smallest absolute Gasteiger partial charge is 0.359 e. The Balaban J connectivity index is 1.76. The molecule has 4 atom stereocenters. The second-order valence-corrected chi connectivity index (χ2v) is 11.2. The number of ether oxygens (including phenoxy) is 7. The van der Waals surface area contributed by atoms with Gasteiger partial charge in [0.15, 0.2) is 23.0 Å². The molecule has 0 aromatic heterocycles. The summed E-state index contributed by atoms with van der Waals surface area (Å²) in [7, 11) is 4.38. The van der Waals surface area contributed by atoms with Gasteiger partial charge in [0.25, 0.3) is 3.79 Å². The Labute approximate surface area is 231 Å². The van der Waals surface area contributed by atoms with E-state index in [1.54, 1.807) is 18.2 Å². The van der Waals surface area contributed by atoms with Crippen LogP contribution < -0.4 is 23.7 Å². The molecule has 0 spiro atoms. The summed E-state index contributed by atoms with van der Waals surface area (Å²) in [6.45, 7) is -0.0327. The zero-order chi connectivity index (χ0) is 26.6. The molecule has 13 heteroatoms. The number of esters is 2. The quantitative estimate of drug-likeness (QED) is 0.351. The maximum atomic E-state index is 13.2. The first-order chi connectivity index (χ1) is 17.6. The summed E-state index contributed by atoms with van der Waals surface area (Å²) in [5, 5.41) is 0.212.